The van der Waals surface area contributed by atoms with Crippen LogP contribution in [0, 0.1) is 17.0 Å². The zero-order chi connectivity index (χ0) is 12.5. The summed E-state index contributed by atoms with van der Waals surface area (Å²) in [6.45, 7) is 0.993. The number of rotatable bonds is 2. The molecule has 0 atom stereocenters. The average molecular weight is 238 g/mol. The molecule has 0 saturated carbocycles. The number of hydrogen-bond donors (Lipinski definition) is 1. The second-order valence-corrected chi connectivity index (χ2v) is 2.76. The molecule has 0 fully saturated rings. The number of pyridine rings is 1. The number of nitrogens with one attached hydrogen (secondary N) is 1. The zero-order valence-corrected chi connectivity index (χ0v) is 7.79. The second kappa shape index (κ2) is 3.83. The van der Waals surface area contributed by atoms with Crippen LogP contribution in [-0.4, -0.2) is 16.3 Å². The number of nitro groups is 1. The number of halogens is 3. The maximum Gasteiger partial charge on any atom is 0.573 e. The number of aromatic nitrogens is 1. The molecule has 0 aliphatic heterocycles. The number of nitrogens with zero attached hydrogens (tertiary/aromatic N) is 1. The molecule has 1 aromatic rings. The van der Waals surface area contributed by atoms with Gasteiger partial charge < -0.3 is 9.72 Å². The number of H-pyrrole nitrogens is 1. The Balaban J connectivity index is 3.38. The first-order valence-corrected chi connectivity index (χ1v) is 3.85. The predicted molar refractivity (Wildman–Crippen MR) is 45.1 cm³/mol. The molecule has 0 unspecified atom stereocenters. The van der Waals surface area contributed by atoms with Gasteiger partial charge in [-0.3, -0.25) is 14.9 Å². The van der Waals surface area contributed by atoms with Crippen LogP contribution in [0.25, 0.3) is 0 Å². The van der Waals surface area contributed by atoms with Gasteiger partial charge in [-0.1, -0.05) is 0 Å². The van der Waals surface area contributed by atoms with Gasteiger partial charge in [0.2, 0.25) is 5.75 Å². The Morgan fingerprint density at radius 1 is 1.50 bits per heavy atom. The van der Waals surface area contributed by atoms with Crippen LogP contribution in [0.3, 0.4) is 0 Å². The third-order valence-electron chi connectivity index (χ3n) is 1.67. The number of ether oxygens (including phenoxy) is 1. The lowest BCUT2D eigenvalue weighted by atomic mass is 10.2. The van der Waals surface area contributed by atoms with Crippen LogP contribution in [0.4, 0.5) is 18.9 Å². The zero-order valence-electron chi connectivity index (χ0n) is 7.79. The molecule has 88 valence electrons. The molecule has 0 aliphatic carbocycles. The maximum absolute atomic E-state index is 11.9. The SMILES string of the molecule is Cc1c(OC(F)(F)F)c([N+](=O)[O-])c[nH]c1=O. The molecule has 6 nitrogen and oxygen atoms in total. The molecular weight excluding hydrogens is 233 g/mol. The van der Waals surface area contributed by atoms with Crippen molar-refractivity contribution < 1.29 is 22.8 Å². The summed E-state index contributed by atoms with van der Waals surface area (Å²) < 4.78 is 39.3. The minimum absolute atomic E-state index is 0.508. The summed E-state index contributed by atoms with van der Waals surface area (Å²) in [5.74, 6) is -1.10. The molecule has 0 spiro atoms. The summed E-state index contributed by atoms with van der Waals surface area (Å²) in [5.41, 5.74) is -2.34. The van der Waals surface area contributed by atoms with Gasteiger partial charge >= 0.3 is 12.0 Å². The monoisotopic (exact) mass is 238 g/mol. The molecule has 1 N–H and O–H groups in total. The van der Waals surface area contributed by atoms with E-state index in [1.54, 1.807) is 0 Å². The molecule has 9 heteroatoms. The van der Waals surface area contributed by atoms with Crippen LogP contribution in [0.2, 0.25) is 0 Å². The van der Waals surface area contributed by atoms with Crippen molar-refractivity contribution in [3.8, 4) is 5.75 Å². The third kappa shape index (κ3) is 2.49. The van der Waals surface area contributed by atoms with Crippen molar-refractivity contribution in [2.45, 2.75) is 13.3 Å². The Labute approximate surface area is 85.8 Å². The third-order valence-corrected chi connectivity index (χ3v) is 1.67. The molecule has 1 rings (SSSR count). The fourth-order valence-electron chi connectivity index (χ4n) is 0.983. The lowest BCUT2D eigenvalue weighted by molar-refractivity contribution is -0.389. The Bertz CT molecular complexity index is 480. The van der Waals surface area contributed by atoms with Crippen molar-refractivity contribution >= 4 is 5.69 Å². The van der Waals surface area contributed by atoms with Gasteiger partial charge in [-0.05, 0) is 6.92 Å². The molecule has 0 saturated heterocycles. The first-order valence-electron chi connectivity index (χ1n) is 3.85. The fourth-order valence-corrected chi connectivity index (χ4v) is 0.983. The van der Waals surface area contributed by atoms with E-state index in [1.807, 2.05) is 4.98 Å². The van der Waals surface area contributed by atoms with Crippen LogP contribution < -0.4 is 10.3 Å². The van der Waals surface area contributed by atoms with Gasteiger partial charge in [0.05, 0.1) is 16.7 Å². The Morgan fingerprint density at radius 3 is 2.50 bits per heavy atom. The van der Waals surface area contributed by atoms with Crippen LogP contribution in [-0.2, 0) is 0 Å². The largest absolute Gasteiger partial charge is 0.573 e. The fraction of sp³-hybridized carbons (Fsp3) is 0.286. The highest BCUT2D eigenvalue weighted by molar-refractivity contribution is 5.48. The number of hydrogen-bond acceptors (Lipinski definition) is 4. The summed E-state index contributed by atoms with van der Waals surface area (Å²) in [6, 6.07) is 0. The summed E-state index contributed by atoms with van der Waals surface area (Å²) in [4.78, 5) is 22.2. The molecule has 0 radical (unpaired) electrons. The van der Waals surface area contributed by atoms with E-state index in [4.69, 9.17) is 0 Å². The van der Waals surface area contributed by atoms with E-state index in [0.29, 0.717) is 6.20 Å². The van der Waals surface area contributed by atoms with Crippen molar-refractivity contribution in [1.29, 1.82) is 0 Å². The minimum Gasteiger partial charge on any atom is -0.398 e. The van der Waals surface area contributed by atoms with Crippen molar-refractivity contribution in [3.63, 3.8) is 0 Å². The summed E-state index contributed by atoms with van der Waals surface area (Å²) in [7, 11) is 0. The van der Waals surface area contributed by atoms with Gasteiger partial charge in [-0.15, -0.1) is 13.2 Å². The number of aromatic amines is 1. The average Bonchev–Trinajstić information content (AvgIpc) is 2.10. The predicted octanol–water partition coefficient (Wildman–Crippen LogP) is 1.49. The minimum atomic E-state index is -5.09. The van der Waals surface area contributed by atoms with Gasteiger partial charge in [0, 0.05) is 0 Å². The standard InChI is InChI=1S/C7H5F3N2O4/c1-3-5(16-7(8,9)10)4(12(14)15)2-11-6(3)13/h2H,1H3,(H,11,13). The van der Waals surface area contributed by atoms with Gasteiger partial charge in [0.25, 0.3) is 5.56 Å². The van der Waals surface area contributed by atoms with Crippen molar-refractivity contribution in [2.24, 2.45) is 0 Å². The number of alkyl halides is 3. The van der Waals surface area contributed by atoms with Crippen molar-refractivity contribution in [3.05, 3.63) is 32.2 Å². The highest BCUT2D eigenvalue weighted by atomic mass is 19.4. The van der Waals surface area contributed by atoms with Crippen molar-refractivity contribution in [2.75, 3.05) is 0 Å². The molecule has 0 bridgehead atoms. The van der Waals surface area contributed by atoms with E-state index < -0.39 is 33.8 Å². The van der Waals surface area contributed by atoms with Crippen LogP contribution in [0.5, 0.6) is 5.75 Å². The summed E-state index contributed by atoms with van der Waals surface area (Å²) in [5, 5.41) is 10.4. The molecule has 0 aliphatic rings. The normalized spacial score (nSPS) is 11.2. The van der Waals surface area contributed by atoms with Gasteiger partial charge in [0.15, 0.2) is 0 Å². The van der Waals surface area contributed by atoms with Crippen molar-refractivity contribution in [1.82, 2.24) is 4.98 Å². The van der Waals surface area contributed by atoms with Gasteiger partial charge in [-0.2, -0.15) is 0 Å². The Hall–Kier alpha value is -2.06. The molecular formula is C7H5F3N2O4. The van der Waals surface area contributed by atoms with Crippen LogP contribution >= 0.6 is 0 Å². The van der Waals surface area contributed by atoms with E-state index in [0.717, 1.165) is 6.92 Å². The smallest absolute Gasteiger partial charge is 0.398 e. The topological polar surface area (TPSA) is 85.2 Å². The Morgan fingerprint density at radius 2 is 2.06 bits per heavy atom. The van der Waals surface area contributed by atoms with E-state index in [-0.39, 0.29) is 0 Å². The highest BCUT2D eigenvalue weighted by Gasteiger charge is 2.36. The van der Waals surface area contributed by atoms with Crippen LogP contribution in [0.1, 0.15) is 5.56 Å². The molecule has 1 aromatic heterocycles. The summed E-state index contributed by atoms with van der Waals surface area (Å²) in [6.07, 6.45) is -4.54. The molecule has 0 aromatic carbocycles. The highest BCUT2D eigenvalue weighted by Crippen LogP contribution is 2.32. The second-order valence-electron chi connectivity index (χ2n) is 2.76. The lowest BCUT2D eigenvalue weighted by Gasteiger charge is -2.10. The van der Waals surface area contributed by atoms with E-state index in [1.165, 1.54) is 0 Å². The van der Waals surface area contributed by atoms with E-state index in [2.05, 4.69) is 4.74 Å². The molecule has 1 heterocycles. The van der Waals surface area contributed by atoms with Gasteiger partial charge in [0.1, 0.15) is 0 Å². The molecule has 0 amide bonds. The quantitative estimate of drug-likeness (QED) is 0.624. The maximum atomic E-state index is 11.9. The van der Waals surface area contributed by atoms with E-state index in [9.17, 15) is 28.1 Å². The first-order chi connectivity index (χ1) is 7.22. The van der Waals surface area contributed by atoms with Crippen LogP contribution in [0.15, 0.2) is 11.0 Å². The van der Waals surface area contributed by atoms with Gasteiger partial charge in [-0.25, -0.2) is 0 Å². The van der Waals surface area contributed by atoms with E-state index >= 15 is 0 Å². The lowest BCUT2D eigenvalue weighted by Crippen LogP contribution is -2.21. The first kappa shape index (κ1) is 12.0. The molecule has 16 heavy (non-hydrogen) atoms. The summed E-state index contributed by atoms with van der Waals surface area (Å²) >= 11 is 0. The Kier molecular flexibility index (Phi) is 2.88.